The molecule has 0 spiro atoms. The van der Waals surface area contributed by atoms with Crippen LogP contribution in [-0.4, -0.2) is 26.5 Å². The Morgan fingerprint density at radius 2 is 2.35 bits per heavy atom. The average molecular weight is 254 g/mol. The molecule has 17 heavy (non-hydrogen) atoms. The summed E-state index contributed by atoms with van der Waals surface area (Å²) in [6, 6.07) is 3.47. The molecule has 0 saturated carbocycles. The highest BCUT2D eigenvalue weighted by molar-refractivity contribution is 6.28. The van der Waals surface area contributed by atoms with E-state index >= 15 is 0 Å². The van der Waals surface area contributed by atoms with Crippen molar-refractivity contribution in [2.45, 2.75) is 25.3 Å². The molecule has 6 heteroatoms. The quantitative estimate of drug-likeness (QED) is 0.890. The van der Waals surface area contributed by atoms with Crippen molar-refractivity contribution < 1.29 is 9.52 Å². The van der Waals surface area contributed by atoms with Crippen molar-refractivity contribution in [1.29, 1.82) is 0 Å². The first-order valence-corrected chi connectivity index (χ1v) is 5.97. The lowest BCUT2D eigenvalue weighted by molar-refractivity contribution is 0.238. The molecule has 0 amide bonds. The van der Waals surface area contributed by atoms with E-state index in [0.717, 1.165) is 25.2 Å². The van der Waals surface area contributed by atoms with Crippen LogP contribution in [0.3, 0.4) is 0 Å². The Hall–Kier alpha value is -1.33. The molecular formula is C11H12ClN3O2. The lowest BCUT2D eigenvalue weighted by Gasteiger charge is -2.21. The third-order valence-electron chi connectivity index (χ3n) is 3.09. The van der Waals surface area contributed by atoms with E-state index in [4.69, 9.17) is 16.0 Å². The molecule has 0 aromatic carbocycles. The molecule has 2 aromatic rings. The minimum atomic E-state index is 0.0791. The fourth-order valence-electron chi connectivity index (χ4n) is 2.25. The van der Waals surface area contributed by atoms with E-state index in [1.54, 1.807) is 12.1 Å². The molecule has 0 radical (unpaired) electrons. The fourth-order valence-corrected chi connectivity index (χ4v) is 2.40. The van der Waals surface area contributed by atoms with Gasteiger partial charge >= 0.3 is 0 Å². The Morgan fingerprint density at radius 1 is 1.47 bits per heavy atom. The molecule has 1 unspecified atom stereocenters. The van der Waals surface area contributed by atoms with Crippen LogP contribution in [0, 0.1) is 0 Å². The van der Waals surface area contributed by atoms with Gasteiger partial charge in [-0.2, -0.15) is 0 Å². The maximum atomic E-state index is 9.30. The monoisotopic (exact) mass is 253 g/mol. The van der Waals surface area contributed by atoms with E-state index < -0.39 is 0 Å². The van der Waals surface area contributed by atoms with Gasteiger partial charge < -0.3 is 14.1 Å². The SMILES string of the molecule is OCC1CCCn2c(-c3ccc(Cl)o3)nnc21. The zero-order valence-corrected chi connectivity index (χ0v) is 9.89. The van der Waals surface area contributed by atoms with Crippen LogP contribution in [0.2, 0.25) is 5.22 Å². The molecular weight excluding hydrogens is 242 g/mol. The predicted octanol–water partition coefficient (Wildman–Crippen LogP) is 2.06. The number of aliphatic hydroxyl groups excluding tert-OH is 1. The van der Waals surface area contributed by atoms with E-state index in [1.807, 2.05) is 4.57 Å². The van der Waals surface area contributed by atoms with Crippen LogP contribution in [0.5, 0.6) is 0 Å². The van der Waals surface area contributed by atoms with Crippen molar-refractivity contribution in [3.8, 4) is 11.6 Å². The number of nitrogens with zero attached hydrogens (tertiary/aromatic N) is 3. The summed E-state index contributed by atoms with van der Waals surface area (Å²) in [5.74, 6) is 2.22. The van der Waals surface area contributed by atoms with Gasteiger partial charge in [-0.25, -0.2) is 0 Å². The second kappa shape index (κ2) is 4.16. The normalized spacial score (nSPS) is 19.3. The average Bonchev–Trinajstić information content (AvgIpc) is 2.94. The minimum Gasteiger partial charge on any atom is -0.441 e. The maximum absolute atomic E-state index is 9.30. The molecule has 1 N–H and O–H groups in total. The molecule has 3 rings (SSSR count). The summed E-state index contributed by atoms with van der Waals surface area (Å²) in [5.41, 5.74) is 0. The van der Waals surface area contributed by atoms with Crippen LogP contribution in [0.15, 0.2) is 16.5 Å². The summed E-state index contributed by atoms with van der Waals surface area (Å²) in [4.78, 5) is 0. The molecule has 2 aromatic heterocycles. The van der Waals surface area contributed by atoms with Crippen LogP contribution in [0.1, 0.15) is 24.6 Å². The molecule has 0 bridgehead atoms. The third kappa shape index (κ3) is 1.75. The van der Waals surface area contributed by atoms with Gasteiger partial charge in [0.15, 0.2) is 16.8 Å². The van der Waals surface area contributed by atoms with Gasteiger partial charge in [0.1, 0.15) is 5.82 Å². The van der Waals surface area contributed by atoms with Crippen molar-refractivity contribution in [3.05, 3.63) is 23.2 Å². The second-order valence-corrected chi connectivity index (χ2v) is 4.53. The van der Waals surface area contributed by atoms with Crippen LogP contribution >= 0.6 is 11.6 Å². The van der Waals surface area contributed by atoms with Gasteiger partial charge in [-0.15, -0.1) is 10.2 Å². The Kier molecular flexibility index (Phi) is 2.64. The van der Waals surface area contributed by atoms with E-state index in [0.29, 0.717) is 16.8 Å². The first kappa shape index (κ1) is 10.8. The topological polar surface area (TPSA) is 64.1 Å². The Morgan fingerprint density at radius 3 is 3.06 bits per heavy atom. The number of aromatic nitrogens is 3. The van der Waals surface area contributed by atoms with E-state index in [9.17, 15) is 5.11 Å². The number of aliphatic hydroxyl groups is 1. The number of halogens is 1. The molecule has 0 aliphatic carbocycles. The van der Waals surface area contributed by atoms with Gasteiger partial charge in [0.25, 0.3) is 0 Å². The van der Waals surface area contributed by atoms with Crippen molar-refractivity contribution in [2.24, 2.45) is 0 Å². The van der Waals surface area contributed by atoms with Gasteiger partial charge in [0, 0.05) is 12.5 Å². The summed E-state index contributed by atoms with van der Waals surface area (Å²) in [7, 11) is 0. The number of hydrogen-bond acceptors (Lipinski definition) is 4. The maximum Gasteiger partial charge on any atom is 0.199 e. The zero-order chi connectivity index (χ0) is 11.8. The molecule has 0 fully saturated rings. The minimum absolute atomic E-state index is 0.0791. The highest BCUT2D eigenvalue weighted by Gasteiger charge is 2.26. The predicted molar refractivity (Wildman–Crippen MR) is 61.8 cm³/mol. The van der Waals surface area contributed by atoms with E-state index in [2.05, 4.69) is 10.2 Å². The zero-order valence-electron chi connectivity index (χ0n) is 9.14. The third-order valence-corrected chi connectivity index (χ3v) is 3.30. The first-order chi connectivity index (χ1) is 8.29. The van der Waals surface area contributed by atoms with Crippen LogP contribution < -0.4 is 0 Å². The molecule has 5 nitrogen and oxygen atoms in total. The Bertz CT molecular complexity index is 535. The highest BCUT2D eigenvalue weighted by atomic mass is 35.5. The number of furan rings is 1. The van der Waals surface area contributed by atoms with Gasteiger partial charge in [-0.05, 0) is 36.6 Å². The van der Waals surface area contributed by atoms with Gasteiger partial charge in [0.05, 0.1) is 6.61 Å². The van der Waals surface area contributed by atoms with Crippen LogP contribution in [0.4, 0.5) is 0 Å². The van der Waals surface area contributed by atoms with Crippen LogP contribution in [0.25, 0.3) is 11.6 Å². The van der Waals surface area contributed by atoms with Gasteiger partial charge in [-0.1, -0.05) is 0 Å². The molecule has 1 atom stereocenters. The van der Waals surface area contributed by atoms with Gasteiger partial charge in [0.2, 0.25) is 0 Å². The number of rotatable bonds is 2. The smallest absolute Gasteiger partial charge is 0.199 e. The molecule has 1 aliphatic rings. The second-order valence-electron chi connectivity index (χ2n) is 4.16. The molecule has 0 saturated heterocycles. The summed E-state index contributed by atoms with van der Waals surface area (Å²) in [6.07, 6.45) is 1.96. The van der Waals surface area contributed by atoms with Crippen molar-refractivity contribution in [2.75, 3.05) is 6.61 Å². The number of hydrogen-bond donors (Lipinski definition) is 1. The number of fused-ring (bicyclic) bond motifs is 1. The summed E-state index contributed by atoms with van der Waals surface area (Å²) >= 11 is 5.75. The largest absolute Gasteiger partial charge is 0.441 e. The first-order valence-electron chi connectivity index (χ1n) is 5.59. The Labute approximate surface area is 103 Å². The van der Waals surface area contributed by atoms with E-state index in [-0.39, 0.29) is 12.5 Å². The van der Waals surface area contributed by atoms with E-state index in [1.165, 1.54) is 0 Å². The van der Waals surface area contributed by atoms with Crippen molar-refractivity contribution in [1.82, 2.24) is 14.8 Å². The van der Waals surface area contributed by atoms with Crippen molar-refractivity contribution >= 4 is 11.6 Å². The highest BCUT2D eigenvalue weighted by Crippen LogP contribution is 2.31. The lowest BCUT2D eigenvalue weighted by atomic mass is 10.00. The Balaban J connectivity index is 2.05. The molecule has 1 aliphatic heterocycles. The standard InChI is InChI=1S/C11H12ClN3O2/c12-9-4-3-8(17-9)11-14-13-10-7(6-16)2-1-5-15(10)11/h3-4,7,16H,1-2,5-6H2. The van der Waals surface area contributed by atoms with Crippen molar-refractivity contribution in [3.63, 3.8) is 0 Å². The van der Waals surface area contributed by atoms with Gasteiger partial charge in [-0.3, -0.25) is 0 Å². The molecule has 3 heterocycles. The fraction of sp³-hybridized carbons (Fsp3) is 0.455. The summed E-state index contributed by atoms with van der Waals surface area (Å²) in [5, 5.41) is 17.9. The summed E-state index contributed by atoms with van der Waals surface area (Å²) < 4.78 is 7.34. The van der Waals surface area contributed by atoms with Crippen LogP contribution in [-0.2, 0) is 6.54 Å². The molecule has 90 valence electrons. The summed E-state index contributed by atoms with van der Waals surface area (Å²) in [6.45, 7) is 0.962. The lowest BCUT2D eigenvalue weighted by Crippen LogP contribution is -2.19.